The molecular weight excluding hydrogens is 336 g/mol. The number of fused-ring (bicyclic) bond motifs is 1. The molecule has 4 rings (SSSR count). The Morgan fingerprint density at radius 1 is 1.15 bits per heavy atom. The minimum absolute atomic E-state index is 0.0314. The molecule has 3 aromatic rings. The summed E-state index contributed by atoms with van der Waals surface area (Å²) in [4.78, 5) is 15.0. The van der Waals surface area contributed by atoms with Gasteiger partial charge in [0.1, 0.15) is 0 Å². The second-order valence-corrected chi connectivity index (χ2v) is 7.18. The van der Waals surface area contributed by atoms with Gasteiger partial charge in [0.2, 0.25) is 0 Å². The van der Waals surface area contributed by atoms with E-state index in [-0.39, 0.29) is 11.9 Å². The minimum atomic E-state index is -0.0314. The van der Waals surface area contributed by atoms with Crippen LogP contribution in [-0.4, -0.2) is 40.1 Å². The van der Waals surface area contributed by atoms with Crippen LogP contribution in [0, 0.1) is 0 Å². The van der Waals surface area contributed by atoms with E-state index in [2.05, 4.69) is 51.6 Å². The van der Waals surface area contributed by atoms with Gasteiger partial charge in [-0.25, -0.2) is 0 Å². The Hall–Kier alpha value is -2.92. The molecule has 0 saturated carbocycles. The van der Waals surface area contributed by atoms with Crippen LogP contribution in [0.5, 0.6) is 0 Å². The van der Waals surface area contributed by atoms with Crippen LogP contribution in [0.3, 0.4) is 0 Å². The van der Waals surface area contributed by atoms with Crippen molar-refractivity contribution in [3.05, 3.63) is 77.5 Å². The average Bonchev–Trinajstić information content (AvgIpc) is 3.23. The molecule has 0 unspecified atom stereocenters. The van der Waals surface area contributed by atoms with E-state index < -0.39 is 0 Å². The van der Waals surface area contributed by atoms with Crippen LogP contribution < -0.4 is 5.32 Å². The van der Waals surface area contributed by atoms with E-state index in [0.717, 1.165) is 37.3 Å². The Balaban J connectivity index is 1.33. The van der Waals surface area contributed by atoms with Gasteiger partial charge in [-0.15, -0.1) is 0 Å². The molecule has 27 heavy (non-hydrogen) atoms. The molecule has 0 aliphatic carbocycles. The summed E-state index contributed by atoms with van der Waals surface area (Å²) in [7, 11) is 0. The van der Waals surface area contributed by atoms with E-state index in [0.29, 0.717) is 5.56 Å². The number of carbonyl (C=O) groups excluding carboxylic acids is 1. The van der Waals surface area contributed by atoms with Crippen molar-refractivity contribution in [2.45, 2.75) is 25.9 Å². The molecule has 1 aromatic heterocycles. The summed E-state index contributed by atoms with van der Waals surface area (Å²) in [6, 6.07) is 18.2. The van der Waals surface area contributed by atoms with Crippen molar-refractivity contribution in [3.63, 3.8) is 0 Å². The van der Waals surface area contributed by atoms with Crippen molar-refractivity contribution >= 4 is 5.91 Å². The lowest BCUT2D eigenvalue weighted by Crippen LogP contribution is -2.43. The number of nitrogens with zero attached hydrogens (tertiary/aromatic N) is 2. The van der Waals surface area contributed by atoms with Gasteiger partial charge in [-0.05, 0) is 48.2 Å². The molecule has 5 heteroatoms. The first kappa shape index (κ1) is 17.5. The van der Waals surface area contributed by atoms with Crippen molar-refractivity contribution in [1.82, 2.24) is 20.4 Å². The van der Waals surface area contributed by atoms with Gasteiger partial charge in [0, 0.05) is 37.4 Å². The molecule has 2 heterocycles. The zero-order valence-corrected chi connectivity index (χ0v) is 15.5. The molecule has 0 saturated heterocycles. The summed E-state index contributed by atoms with van der Waals surface area (Å²) >= 11 is 0. The van der Waals surface area contributed by atoms with Crippen LogP contribution in [0.4, 0.5) is 0 Å². The van der Waals surface area contributed by atoms with Crippen LogP contribution in [0.2, 0.25) is 0 Å². The number of aromatic nitrogens is 2. The minimum Gasteiger partial charge on any atom is -0.348 e. The maximum absolute atomic E-state index is 12.5. The molecule has 1 atom stereocenters. The third-order valence-corrected chi connectivity index (χ3v) is 5.08. The predicted molar refractivity (Wildman–Crippen MR) is 106 cm³/mol. The number of hydrogen-bond donors (Lipinski definition) is 2. The lowest BCUT2D eigenvalue weighted by Gasteiger charge is -2.31. The number of nitrogens with one attached hydrogen (secondary N) is 2. The molecule has 2 aromatic carbocycles. The third kappa shape index (κ3) is 4.09. The highest BCUT2D eigenvalue weighted by atomic mass is 16.1. The van der Waals surface area contributed by atoms with Gasteiger partial charge in [-0.2, -0.15) is 5.10 Å². The van der Waals surface area contributed by atoms with Crippen LogP contribution in [0.15, 0.2) is 60.8 Å². The van der Waals surface area contributed by atoms with Crippen LogP contribution >= 0.6 is 0 Å². The molecule has 0 fully saturated rings. The zero-order chi connectivity index (χ0) is 18.6. The molecule has 1 amide bonds. The molecular formula is C22H24N4O. The molecule has 0 spiro atoms. The van der Waals surface area contributed by atoms with Gasteiger partial charge < -0.3 is 5.32 Å². The van der Waals surface area contributed by atoms with Gasteiger partial charge in [-0.1, -0.05) is 36.4 Å². The molecule has 1 aliphatic heterocycles. The lowest BCUT2D eigenvalue weighted by molar-refractivity contribution is 0.0927. The Kier molecular flexibility index (Phi) is 5.03. The number of carbonyl (C=O) groups is 1. The largest absolute Gasteiger partial charge is 0.348 e. The summed E-state index contributed by atoms with van der Waals surface area (Å²) in [6.07, 6.45) is 2.79. The fourth-order valence-electron chi connectivity index (χ4n) is 3.67. The smallest absolute Gasteiger partial charge is 0.251 e. The van der Waals surface area contributed by atoms with Crippen molar-refractivity contribution in [3.8, 4) is 11.3 Å². The van der Waals surface area contributed by atoms with Crippen molar-refractivity contribution in [2.75, 3.05) is 13.1 Å². The lowest BCUT2D eigenvalue weighted by atomic mass is 9.99. The van der Waals surface area contributed by atoms with Crippen molar-refractivity contribution in [1.29, 1.82) is 0 Å². The highest BCUT2D eigenvalue weighted by Gasteiger charge is 2.18. The second kappa shape index (κ2) is 7.76. The van der Waals surface area contributed by atoms with Gasteiger partial charge in [-0.3, -0.25) is 14.8 Å². The van der Waals surface area contributed by atoms with Gasteiger partial charge in [0.15, 0.2) is 0 Å². The second-order valence-electron chi connectivity index (χ2n) is 7.18. The molecule has 5 nitrogen and oxygen atoms in total. The number of hydrogen-bond acceptors (Lipinski definition) is 3. The number of H-pyrrole nitrogens is 1. The number of amides is 1. The number of rotatable bonds is 5. The Bertz CT molecular complexity index is 902. The van der Waals surface area contributed by atoms with Gasteiger partial charge >= 0.3 is 0 Å². The van der Waals surface area contributed by atoms with Crippen molar-refractivity contribution in [2.24, 2.45) is 0 Å². The van der Waals surface area contributed by atoms with E-state index in [4.69, 9.17) is 0 Å². The fourth-order valence-corrected chi connectivity index (χ4v) is 3.67. The first-order chi connectivity index (χ1) is 13.2. The molecule has 0 radical (unpaired) electrons. The topological polar surface area (TPSA) is 61.0 Å². The first-order valence-electron chi connectivity index (χ1n) is 9.39. The fraction of sp³-hybridized carbons (Fsp3) is 0.273. The maximum atomic E-state index is 12.5. The standard InChI is InChI=1S/C22H24N4O/c1-16(14-26-13-11-17-4-2-3-5-20(17)15-26)24-22(27)19-8-6-18(7-9-19)21-10-12-23-25-21/h2-10,12,16H,11,13-15H2,1H3,(H,23,25)(H,24,27)/t16-/m0/s1. The monoisotopic (exact) mass is 360 g/mol. The van der Waals surface area contributed by atoms with Crippen LogP contribution in [0.25, 0.3) is 11.3 Å². The summed E-state index contributed by atoms with van der Waals surface area (Å²) in [5.41, 5.74) is 5.48. The van der Waals surface area contributed by atoms with E-state index in [1.165, 1.54) is 11.1 Å². The number of aromatic amines is 1. The number of benzene rings is 2. The normalized spacial score (nSPS) is 15.1. The summed E-state index contributed by atoms with van der Waals surface area (Å²) < 4.78 is 0. The van der Waals surface area contributed by atoms with Crippen molar-refractivity contribution < 1.29 is 4.79 Å². The quantitative estimate of drug-likeness (QED) is 0.734. The summed E-state index contributed by atoms with van der Waals surface area (Å²) in [5, 5.41) is 10.0. The highest BCUT2D eigenvalue weighted by Crippen LogP contribution is 2.19. The molecule has 2 N–H and O–H groups in total. The van der Waals surface area contributed by atoms with Gasteiger partial charge in [0.05, 0.1) is 5.69 Å². The Labute approximate surface area is 159 Å². The van der Waals surface area contributed by atoms with E-state index in [1.807, 2.05) is 30.3 Å². The molecule has 1 aliphatic rings. The Morgan fingerprint density at radius 2 is 1.93 bits per heavy atom. The molecule has 0 bridgehead atoms. The SMILES string of the molecule is C[C@@H](CN1CCc2ccccc2C1)NC(=O)c1ccc(-c2ccn[nH]2)cc1. The van der Waals surface area contributed by atoms with Crippen LogP contribution in [0.1, 0.15) is 28.4 Å². The maximum Gasteiger partial charge on any atom is 0.251 e. The van der Waals surface area contributed by atoms with E-state index >= 15 is 0 Å². The summed E-state index contributed by atoms with van der Waals surface area (Å²) in [5.74, 6) is -0.0314. The third-order valence-electron chi connectivity index (χ3n) is 5.08. The van der Waals surface area contributed by atoms with E-state index in [9.17, 15) is 4.79 Å². The van der Waals surface area contributed by atoms with Crippen LogP contribution in [-0.2, 0) is 13.0 Å². The van der Waals surface area contributed by atoms with Gasteiger partial charge in [0.25, 0.3) is 5.91 Å². The predicted octanol–water partition coefficient (Wildman–Crippen LogP) is 3.25. The summed E-state index contributed by atoms with van der Waals surface area (Å²) in [6.45, 7) is 4.91. The highest BCUT2D eigenvalue weighted by molar-refractivity contribution is 5.94. The van der Waals surface area contributed by atoms with E-state index in [1.54, 1.807) is 6.20 Å². The first-order valence-corrected chi connectivity index (χ1v) is 9.39. The molecule has 138 valence electrons. The zero-order valence-electron chi connectivity index (χ0n) is 15.5. The average molecular weight is 360 g/mol. The Morgan fingerprint density at radius 3 is 2.67 bits per heavy atom.